The number of nitrogens with zero attached hydrogens (tertiary/aromatic N) is 7. The Balaban J connectivity index is 1.95. The predicted molar refractivity (Wildman–Crippen MR) is 61.7 cm³/mol. The predicted octanol–water partition coefficient (Wildman–Crippen LogP) is 0.119. The molecule has 0 bridgehead atoms. The highest BCUT2D eigenvalue weighted by molar-refractivity contribution is 5.62. The van der Waals surface area contributed by atoms with Gasteiger partial charge in [0.1, 0.15) is 5.82 Å². The molecule has 1 atom stereocenters. The van der Waals surface area contributed by atoms with E-state index in [-0.39, 0.29) is 6.04 Å². The lowest BCUT2D eigenvalue weighted by Crippen LogP contribution is -2.11. The molecule has 3 aromatic rings. The number of aromatic amines is 1. The van der Waals surface area contributed by atoms with Gasteiger partial charge in [0.05, 0.1) is 6.04 Å². The summed E-state index contributed by atoms with van der Waals surface area (Å²) < 4.78 is 1.86. The first-order valence-electron chi connectivity index (χ1n) is 5.42. The van der Waals surface area contributed by atoms with Crippen LogP contribution in [-0.2, 0) is 0 Å². The molecule has 0 aliphatic heterocycles. The summed E-state index contributed by atoms with van der Waals surface area (Å²) in [5, 5.41) is 25.0. The van der Waals surface area contributed by atoms with Crippen molar-refractivity contribution in [3.8, 4) is 0 Å². The van der Waals surface area contributed by atoms with E-state index in [1.807, 2.05) is 24.4 Å². The number of aromatic nitrogens is 8. The lowest BCUT2D eigenvalue weighted by Gasteiger charge is -2.10. The third-order valence-corrected chi connectivity index (χ3v) is 2.60. The van der Waals surface area contributed by atoms with Crippen LogP contribution < -0.4 is 5.32 Å². The van der Waals surface area contributed by atoms with Crippen molar-refractivity contribution in [2.75, 3.05) is 5.32 Å². The molecule has 92 valence electrons. The molecule has 0 aliphatic rings. The SMILES string of the molecule is Cc1nnc2c(NC(C)c3nn[nH]n3)nccn12. The minimum absolute atomic E-state index is 0.126. The molecule has 0 saturated carbocycles. The number of fused-ring (bicyclic) bond motifs is 1. The maximum Gasteiger partial charge on any atom is 0.203 e. The van der Waals surface area contributed by atoms with Crippen LogP contribution in [-0.4, -0.2) is 40.2 Å². The third kappa shape index (κ3) is 1.65. The molecule has 0 spiro atoms. The molecule has 3 heterocycles. The van der Waals surface area contributed by atoms with Gasteiger partial charge < -0.3 is 5.32 Å². The standard InChI is InChI=1S/C9H11N9/c1-5(7-13-16-17-14-7)11-8-9-15-12-6(2)18(9)4-3-10-8/h3-5H,1-2H3,(H,10,11)(H,13,14,16,17). The number of anilines is 1. The van der Waals surface area contributed by atoms with Crippen LogP contribution in [0.5, 0.6) is 0 Å². The van der Waals surface area contributed by atoms with Crippen LogP contribution in [0.1, 0.15) is 24.6 Å². The molecular weight excluding hydrogens is 234 g/mol. The number of nitrogens with one attached hydrogen (secondary N) is 2. The number of aryl methyl sites for hydroxylation is 1. The summed E-state index contributed by atoms with van der Waals surface area (Å²) in [5.41, 5.74) is 0.672. The third-order valence-electron chi connectivity index (χ3n) is 2.60. The normalized spacial score (nSPS) is 12.8. The van der Waals surface area contributed by atoms with Gasteiger partial charge in [-0.1, -0.05) is 5.21 Å². The fourth-order valence-electron chi connectivity index (χ4n) is 1.67. The largest absolute Gasteiger partial charge is 0.357 e. The molecule has 3 rings (SSSR count). The van der Waals surface area contributed by atoms with Gasteiger partial charge in [-0.3, -0.25) is 4.40 Å². The van der Waals surface area contributed by atoms with Gasteiger partial charge in [0.2, 0.25) is 5.65 Å². The summed E-state index contributed by atoms with van der Waals surface area (Å²) in [5.74, 6) is 2.01. The minimum atomic E-state index is -0.126. The van der Waals surface area contributed by atoms with E-state index < -0.39 is 0 Å². The van der Waals surface area contributed by atoms with Crippen LogP contribution in [0.2, 0.25) is 0 Å². The van der Waals surface area contributed by atoms with E-state index >= 15 is 0 Å². The maximum absolute atomic E-state index is 4.25. The Morgan fingerprint density at radius 2 is 2.22 bits per heavy atom. The van der Waals surface area contributed by atoms with Crippen LogP contribution in [0, 0.1) is 6.92 Å². The number of H-pyrrole nitrogens is 1. The molecule has 3 aromatic heterocycles. The van der Waals surface area contributed by atoms with Gasteiger partial charge in [-0.15, -0.1) is 20.4 Å². The highest BCUT2D eigenvalue weighted by atomic mass is 15.5. The summed E-state index contributed by atoms with van der Waals surface area (Å²) in [6, 6.07) is -0.126. The van der Waals surface area contributed by atoms with E-state index in [1.54, 1.807) is 6.20 Å². The average molecular weight is 245 g/mol. The Kier molecular flexibility index (Phi) is 2.36. The Labute approximate surface area is 102 Å². The van der Waals surface area contributed by atoms with Crippen LogP contribution in [0.25, 0.3) is 5.65 Å². The van der Waals surface area contributed by atoms with Gasteiger partial charge in [-0.25, -0.2) is 4.98 Å². The number of hydrogen-bond donors (Lipinski definition) is 2. The highest BCUT2D eigenvalue weighted by Gasteiger charge is 2.14. The van der Waals surface area contributed by atoms with Crippen molar-refractivity contribution in [1.82, 2.24) is 40.2 Å². The monoisotopic (exact) mass is 245 g/mol. The molecule has 9 heteroatoms. The van der Waals surface area contributed by atoms with Gasteiger partial charge in [0.15, 0.2) is 11.6 Å². The van der Waals surface area contributed by atoms with Crippen molar-refractivity contribution < 1.29 is 0 Å². The Bertz CT molecular complexity index is 656. The van der Waals surface area contributed by atoms with E-state index in [9.17, 15) is 0 Å². The zero-order valence-corrected chi connectivity index (χ0v) is 9.86. The molecule has 9 nitrogen and oxygen atoms in total. The lowest BCUT2D eigenvalue weighted by atomic mass is 10.3. The Morgan fingerprint density at radius 3 is 3.00 bits per heavy atom. The highest BCUT2D eigenvalue weighted by Crippen LogP contribution is 2.17. The quantitative estimate of drug-likeness (QED) is 0.674. The molecular formula is C9H11N9. The molecule has 0 radical (unpaired) electrons. The van der Waals surface area contributed by atoms with E-state index in [0.29, 0.717) is 17.3 Å². The zero-order chi connectivity index (χ0) is 12.5. The van der Waals surface area contributed by atoms with Gasteiger partial charge in [0.25, 0.3) is 0 Å². The van der Waals surface area contributed by atoms with Crippen molar-refractivity contribution in [3.05, 3.63) is 24.0 Å². The first-order chi connectivity index (χ1) is 8.75. The Hall–Kier alpha value is -2.58. The molecule has 0 saturated heterocycles. The van der Waals surface area contributed by atoms with Crippen molar-refractivity contribution in [1.29, 1.82) is 0 Å². The molecule has 0 fully saturated rings. The summed E-state index contributed by atoms with van der Waals surface area (Å²) in [6.45, 7) is 3.80. The van der Waals surface area contributed by atoms with Crippen LogP contribution in [0.4, 0.5) is 5.82 Å². The zero-order valence-electron chi connectivity index (χ0n) is 9.86. The smallest absolute Gasteiger partial charge is 0.203 e. The molecule has 2 N–H and O–H groups in total. The van der Waals surface area contributed by atoms with E-state index in [0.717, 1.165) is 5.82 Å². The van der Waals surface area contributed by atoms with Crippen LogP contribution >= 0.6 is 0 Å². The van der Waals surface area contributed by atoms with Crippen molar-refractivity contribution in [2.45, 2.75) is 19.9 Å². The molecule has 18 heavy (non-hydrogen) atoms. The van der Waals surface area contributed by atoms with Crippen molar-refractivity contribution >= 4 is 11.5 Å². The van der Waals surface area contributed by atoms with Gasteiger partial charge in [-0.05, 0) is 13.8 Å². The summed E-state index contributed by atoms with van der Waals surface area (Å²) in [7, 11) is 0. The first kappa shape index (κ1) is 10.6. The summed E-state index contributed by atoms with van der Waals surface area (Å²) in [4.78, 5) is 4.25. The van der Waals surface area contributed by atoms with Crippen molar-refractivity contribution in [3.63, 3.8) is 0 Å². The lowest BCUT2D eigenvalue weighted by molar-refractivity contribution is 0.787. The summed E-state index contributed by atoms with van der Waals surface area (Å²) >= 11 is 0. The Morgan fingerprint density at radius 1 is 1.33 bits per heavy atom. The van der Waals surface area contributed by atoms with Crippen LogP contribution in [0.15, 0.2) is 12.4 Å². The number of rotatable bonds is 3. The molecule has 0 aromatic carbocycles. The van der Waals surface area contributed by atoms with E-state index in [2.05, 4.69) is 41.1 Å². The average Bonchev–Trinajstić information content (AvgIpc) is 3.00. The molecule has 0 aliphatic carbocycles. The second-order valence-corrected chi connectivity index (χ2v) is 3.85. The van der Waals surface area contributed by atoms with Gasteiger partial charge in [0, 0.05) is 12.4 Å². The molecule has 0 amide bonds. The van der Waals surface area contributed by atoms with Crippen molar-refractivity contribution in [2.24, 2.45) is 0 Å². The van der Waals surface area contributed by atoms with E-state index in [4.69, 9.17) is 0 Å². The number of hydrogen-bond acceptors (Lipinski definition) is 7. The fraction of sp³-hybridized carbons (Fsp3) is 0.333. The fourth-order valence-corrected chi connectivity index (χ4v) is 1.67. The van der Waals surface area contributed by atoms with E-state index in [1.165, 1.54) is 0 Å². The molecule has 1 unspecified atom stereocenters. The second kappa shape index (κ2) is 4.02. The minimum Gasteiger partial charge on any atom is -0.357 e. The van der Waals surface area contributed by atoms with Gasteiger partial charge in [-0.2, -0.15) is 5.21 Å². The topological polar surface area (TPSA) is 110 Å². The maximum atomic E-state index is 4.25. The number of tetrazole rings is 1. The second-order valence-electron chi connectivity index (χ2n) is 3.85. The van der Waals surface area contributed by atoms with Crippen LogP contribution in [0.3, 0.4) is 0 Å². The summed E-state index contributed by atoms with van der Waals surface area (Å²) in [6.07, 6.45) is 3.50. The first-order valence-corrected chi connectivity index (χ1v) is 5.42. The van der Waals surface area contributed by atoms with Gasteiger partial charge >= 0.3 is 0 Å².